The minimum atomic E-state index is -0.451. The molecule has 6 nitrogen and oxygen atoms in total. The van der Waals surface area contributed by atoms with E-state index in [2.05, 4.69) is 15.0 Å². The minimum Gasteiger partial charge on any atom is -0.381 e. The summed E-state index contributed by atoms with van der Waals surface area (Å²) < 4.78 is 11.4. The van der Waals surface area contributed by atoms with E-state index in [1.165, 1.54) is 0 Å². The molecule has 1 aromatic rings. The van der Waals surface area contributed by atoms with Crippen molar-refractivity contribution >= 4 is 5.95 Å². The molecule has 2 aliphatic rings. The maximum absolute atomic E-state index is 5.98. The summed E-state index contributed by atoms with van der Waals surface area (Å²) in [6.45, 7) is 3.96. The molecule has 0 spiro atoms. The summed E-state index contributed by atoms with van der Waals surface area (Å²) in [5.74, 6) is 2.28. The van der Waals surface area contributed by atoms with Crippen molar-refractivity contribution < 1.29 is 9.47 Å². The predicted molar refractivity (Wildman–Crippen MR) is 69.6 cm³/mol. The second-order valence-corrected chi connectivity index (χ2v) is 5.19. The molecule has 1 saturated heterocycles. The second-order valence-electron chi connectivity index (χ2n) is 5.19. The number of nitrogen functional groups attached to an aromatic ring is 1. The molecule has 2 N–H and O–H groups in total. The summed E-state index contributed by atoms with van der Waals surface area (Å²) in [6, 6.07) is 0. The highest BCUT2D eigenvalue weighted by Gasteiger charge is 2.39. The highest BCUT2D eigenvalue weighted by atomic mass is 16.5. The number of hydrogen-bond acceptors (Lipinski definition) is 6. The zero-order chi connectivity index (χ0) is 13.3. The standard InChI is InChI=1S/C13H20N4O2/c1-2-19-13(5-7-18-8-6-13)11-15-10(9-3-4-9)16-12(14)17-11/h9H,2-8H2,1H3,(H2,14,15,16,17). The van der Waals surface area contributed by atoms with Gasteiger partial charge < -0.3 is 15.2 Å². The molecule has 3 rings (SSSR count). The van der Waals surface area contributed by atoms with E-state index in [0.717, 1.165) is 31.5 Å². The number of hydrogen-bond donors (Lipinski definition) is 1. The molecule has 1 aliphatic carbocycles. The Hall–Kier alpha value is -1.27. The van der Waals surface area contributed by atoms with Gasteiger partial charge in [-0.2, -0.15) is 9.97 Å². The molecule has 2 heterocycles. The lowest BCUT2D eigenvalue weighted by molar-refractivity contribution is -0.118. The first-order valence-corrected chi connectivity index (χ1v) is 6.97. The van der Waals surface area contributed by atoms with Gasteiger partial charge >= 0.3 is 0 Å². The van der Waals surface area contributed by atoms with Gasteiger partial charge in [-0.3, -0.25) is 0 Å². The summed E-state index contributed by atoms with van der Waals surface area (Å²) in [6.07, 6.45) is 3.84. The van der Waals surface area contributed by atoms with E-state index in [1.54, 1.807) is 0 Å². The summed E-state index contributed by atoms with van der Waals surface area (Å²) in [7, 11) is 0. The monoisotopic (exact) mass is 264 g/mol. The molecule has 0 aromatic carbocycles. The highest BCUT2D eigenvalue weighted by molar-refractivity contribution is 5.22. The van der Waals surface area contributed by atoms with Crippen molar-refractivity contribution in [3.8, 4) is 0 Å². The van der Waals surface area contributed by atoms with E-state index in [9.17, 15) is 0 Å². The smallest absolute Gasteiger partial charge is 0.223 e. The van der Waals surface area contributed by atoms with Crippen molar-refractivity contribution in [2.75, 3.05) is 25.6 Å². The Morgan fingerprint density at radius 3 is 2.63 bits per heavy atom. The first-order chi connectivity index (χ1) is 9.23. The van der Waals surface area contributed by atoms with Crippen LogP contribution in [0.5, 0.6) is 0 Å². The molecule has 1 aliphatic heterocycles. The van der Waals surface area contributed by atoms with E-state index in [4.69, 9.17) is 15.2 Å². The van der Waals surface area contributed by atoms with Crippen molar-refractivity contribution in [1.29, 1.82) is 0 Å². The molecule has 19 heavy (non-hydrogen) atoms. The molecule has 0 atom stereocenters. The molecule has 1 saturated carbocycles. The number of anilines is 1. The third-order valence-electron chi connectivity index (χ3n) is 3.74. The van der Waals surface area contributed by atoms with Gasteiger partial charge in [0.25, 0.3) is 0 Å². The molecular formula is C13H20N4O2. The lowest BCUT2D eigenvalue weighted by atomic mass is 9.93. The van der Waals surface area contributed by atoms with Crippen LogP contribution >= 0.6 is 0 Å². The number of nitrogens with two attached hydrogens (primary N) is 1. The Labute approximate surface area is 112 Å². The Morgan fingerprint density at radius 1 is 1.26 bits per heavy atom. The van der Waals surface area contributed by atoms with Crippen LogP contribution in [0.4, 0.5) is 5.95 Å². The van der Waals surface area contributed by atoms with Crippen LogP contribution in [-0.2, 0) is 15.1 Å². The van der Waals surface area contributed by atoms with Crippen molar-refractivity contribution in [2.45, 2.75) is 44.1 Å². The van der Waals surface area contributed by atoms with Crippen LogP contribution in [0.1, 0.15) is 50.2 Å². The average Bonchev–Trinajstić information content (AvgIpc) is 3.24. The van der Waals surface area contributed by atoms with Gasteiger partial charge in [-0.25, -0.2) is 4.98 Å². The van der Waals surface area contributed by atoms with Gasteiger partial charge in [-0.1, -0.05) is 0 Å². The van der Waals surface area contributed by atoms with Gasteiger partial charge in [0.1, 0.15) is 11.4 Å². The van der Waals surface area contributed by atoms with Crippen LogP contribution in [0.15, 0.2) is 0 Å². The van der Waals surface area contributed by atoms with Crippen LogP contribution in [0.2, 0.25) is 0 Å². The third kappa shape index (κ3) is 2.55. The van der Waals surface area contributed by atoms with Crippen LogP contribution < -0.4 is 5.73 Å². The zero-order valence-electron chi connectivity index (χ0n) is 11.3. The Kier molecular flexibility index (Phi) is 3.36. The fourth-order valence-corrected chi connectivity index (χ4v) is 2.55. The first-order valence-electron chi connectivity index (χ1n) is 6.97. The van der Waals surface area contributed by atoms with Gasteiger partial charge in [-0.15, -0.1) is 0 Å². The lowest BCUT2D eigenvalue weighted by Crippen LogP contribution is -2.39. The van der Waals surface area contributed by atoms with Gasteiger partial charge in [-0.05, 0) is 19.8 Å². The zero-order valence-corrected chi connectivity index (χ0v) is 11.3. The van der Waals surface area contributed by atoms with Gasteiger partial charge in [0.15, 0.2) is 5.82 Å². The highest BCUT2D eigenvalue weighted by Crippen LogP contribution is 2.40. The summed E-state index contributed by atoms with van der Waals surface area (Å²) in [5, 5.41) is 0. The topological polar surface area (TPSA) is 83.2 Å². The van der Waals surface area contributed by atoms with E-state index in [-0.39, 0.29) is 0 Å². The van der Waals surface area contributed by atoms with Crippen LogP contribution in [0, 0.1) is 0 Å². The Bertz CT molecular complexity index is 450. The summed E-state index contributed by atoms with van der Waals surface area (Å²) >= 11 is 0. The van der Waals surface area contributed by atoms with Gasteiger partial charge in [0, 0.05) is 38.6 Å². The predicted octanol–water partition coefficient (Wildman–Crippen LogP) is 1.37. The average molecular weight is 264 g/mol. The quantitative estimate of drug-likeness (QED) is 0.884. The van der Waals surface area contributed by atoms with Gasteiger partial charge in [0.2, 0.25) is 5.95 Å². The second kappa shape index (κ2) is 5.02. The molecule has 0 unspecified atom stereocenters. The van der Waals surface area contributed by atoms with Crippen LogP contribution in [0.3, 0.4) is 0 Å². The summed E-state index contributed by atoms with van der Waals surface area (Å²) in [4.78, 5) is 13.2. The van der Waals surface area contributed by atoms with Crippen molar-refractivity contribution in [1.82, 2.24) is 15.0 Å². The number of rotatable bonds is 4. The van der Waals surface area contributed by atoms with Crippen molar-refractivity contribution in [2.24, 2.45) is 0 Å². The maximum Gasteiger partial charge on any atom is 0.223 e. The fraction of sp³-hybridized carbons (Fsp3) is 0.769. The third-order valence-corrected chi connectivity index (χ3v) is 3.74. The molecule has 1 aromatic heterocycles. The number of nitrogens with zero attached hydrogens (tertiary/aromatic N) is 3. The molecular weight excluding hydrogens is 244 g/mol. The molecule has 0 radical (unpaired) electrons. The van der Waals surface area contributed by atoms with Crippen molar-refractivity contribution in [3.05, 3.63) is 11.6 Å². The minimum absolute atomic E-state index is 0.303. The molecule has 6 heteroatoms. The number of ether oxygens (including phenoxy) is 2. The molecule has 0 amide bonds. The SMILES string of the molecule is CCOC1(c2nc(N)nc(C3CC3)n2)CCOCC1. The molecule has 2 fully saturated rings. The van der Waals surface area contributed by atoms with Crippen LogP contribution in [0.25, 0.3) is 0 Å². The number of aromatic nitrogens is 3. The maximum atomic E-state index is 5.98. The Morgan fingerprint density at radius 2 is 2.00 bits per heavy atom. The summed E-state index contributed by atoms with van der Waals surface area (Å²) in [5.41, 5.74) is 5.39. The van der Waals surface area contributed by atoms with E-state index >= 15 is 0 Å². The van der Waals surface area contributed by atoms with E-state index < -0.39 is 5.60 Å². The van der Waals surface area contributed by atoms with E-state index in [0.29, 0.717) is 37.5 Å². The lowest BCUT2D eigenvalue weighted by Gasteiger charge is -2.35. The molecule has 0 bridgehead atoms. The fourth-order valence-electron chi connectivity index (χ4n) is 2.55. The largest absolute Gasteiger partial charge is 0.381 e. The normalized spacial score (nSPS) is 22.4. The van der Waals surface area contributed by atoms with Gasteiger partial charge in [0.05, 0.1) is 0 Å². The van der Waals surface area contributed by atoms with Crippen molar-refractivity contribution in [3.63, 3.8) is 0 Å². The first kappa shape index (κ1) is 12.7. The Balaban J connectivity index is 1.96. The van der Waals surface area contributed by atoms with E-state index in [1.807, 2.05) is 6.92 Å². The van der Waals surface area contributed by atoms with Crippen LogP contribution in [-0.4, -0.2) is 34.8 Å². The molecule has 104 valence electrons.